The monoisotopic (exact) mass is 364 g/mol. The van der Waals surface area contributed by atoms with Gasteiger partial charge in [-0.3, -0.25) is 4.68 Å². The molecule has 146 valence electrons. The van der Waals surface area contributed by atoms with Crippen LogP contribution < -0.4 is 5.46 Å². The lowest BCUT2D eigenvalue weighted by Crippen LogP contribution is -2.41. The zero-order valence-corrected chi connectivity index (χ0v) is 17.4. The van der Waals surface area contributed by atoms with Crippen LogP contribution in [0.4, 0.5) is 4.39 Å². The zero-order chi connectivity index (χ0) is 19.4. The van der Waals surface area contributed by atoms with E-state index in [9.17, 15) is 0 Å². The third-order valence-corrected chi connectivity index (χ3v) is 6.73. The number of rotatable bonds is 3. The fraction of sp³-hybridized carbons (Fsp3) is 0.850. The summed E-state index contributed by atoms with van der Waals surface area (Å²) in [5.41, 5.74) is -0.813. The van der Waals surface area contributed by atoms with Crippen LogP contribution in [-0.4, -0.2) is 33.8 Å². The van der Waals surface area contributed by atoms with Crippen LogP contribution >= 0.6 is 0 Å². The largest absolute Gasteiger partial charge is 0.498 e. The Morgan fingerprint density at radius 3 is 2.19 bits per heavy atom. The molecule has 1 aromatic rings. The van der Waals surface area contributed by atoms with Crippen molar-refractivity contribution in [2.75, 3.05) is 0 Å². The first-order chi connectivity index (χ1) is 11.8. The van der Waals surface area contributed by atoms with Crippen molar-refractivity contribution >= 4 is 12.6 Å². The van der Waals surface area contributed by atoms with E-state index in [4.69, 9.17) is 9.31 Å². The first-order valence-corrected chi connectivity index (χ1v) is 9.88. The molecule has 0 bridgehead atoms. The highest BCUT2D eigenvalue weighted by Crippen LogP contribution is 2.43. The number of halogens is 1. The van der Waals surface area contributed by atoms with Crippen molar-refractivity contribution in [3.8, 4) is 0 Å². The van der Waals surface area contributed by atoms with Crippen LogP contribution in [-0.2, 0) is 15.9 Å². The molecular formula is C20H34BFN2O2. The van der Waals surface area contributed by atoms with E-state index in [0.29, 0.717) is 25.3 Å². The Hall–Kier alpha value is -0.875. The topological polar surface area (TPSA) is 36.3 Å². The van der Waals surface area contributed by atoms with Gasteiger partial charge in [0.1, 0.15) is 5.67 Å². The van der Waals surface area contributed by atoms with Crippen molar-refractivity contribution in [2.45, 2.75) is 97.6 Å². The molecule has 1 saturated heterocycles. The number of nitrogens with zero attached hydrogens (tertiary/aromatic N) is 2. The normalized spacial score (nSPS) is 31.4. The molecule has 0 atom stereocenters. The van der Waals surface area contributed by atoms with Crippen LogP contribution in [0.2, 0.25) is 0 Å². The van der Waals surface area contributed by atoms with Gasteiger partial charge in [0, 0.05) is 17.9 Å². The molecule has 3 rings (SSSR count). The molecule has 1 aromatic heterocycles. The molecule has 1 saturated carbocycles. The Balaban J connectivity index is 1.63. The van der Waals surface area contributed by atoms with Crippen molar-refractivity contribution in [2.24, 2.45) is 11.3 Å². The molecule has 2 aliphatic rings. The summed E-state index contributed by atoms with van der Waals surface area (Å²) in [4.78, 5) is 0. The lowest BCUT2D eigenvalue weighted by molar-refractivity contribution is 0.00578. The Bertz CT molecular complexity index is 626. The summed E-state index contributed by atoms with van der Waals surface area (Å²) in [7, 11) is -0.444. The number of aromatic nitrogens is 2. The fourth-order valence-corrected chi connectivity index (χ4v) is 4.02. The average Bonchev–Trinajstić information content (AvgIpc) is 3.00. The van der Waals surface area contributed by atoms with E-state index in [2.05, 4.69) is 25.9 Å². The van der Waals surface area contributed by atoms with Crippen molar-refractivity contribution < 1.29 is 13.7 Å². The molecule has 2 heterocycles. The molecule has 0 aromatic carbocycles. The van der Waals surface area contributed by atoms with Crippen LogP contribution in [0, 0.1) is 11.3 Å². The maximum atomic E-state index is 15.3. The van der Waals surface area contributed by atoms with Gasteiger partial charge in [-0.25, -0.2) is 4.39 Å². The number of hydrogen-bond donors (Lipinski definition) is 0. The second kappa shape index (κ2) is 6.34. The van der Waals surface area contributed by atoms with Crippen LogP contribution in [0.3, 0.4) is 0 Å². The second-order valence-electron chi connectivity index (χ2n) is 10.4. The van der Waals surface area contributed by atoms with E-state index in [-0.39, 0.29) is 16.6 Å². The summed E-state index contributed by atoms with van der Waals surface area (Å²) < 4.78 is 29.2. The van der Waals surface area contributed by atoms with E-state index in [1.54, 1.807) is 10.9 Å². The summed E-state index contributed by atoms with van der Waals surface area (Å²) >= 11 is 0. The zero-order valence-electron chi connectivity index (χ0n) is 17.4. The smallest absolute Gasteiger partial charge is 0.399 e. The number of alkyl halides is 1. The third kappa shape index (κ3) is 3.86. The van der Waals surface area contributed by atoms with Gasteiger partial charge >= 0.3 is 7.12 Å². The molecular weight excluding hydrogens is 330 g/mol. The Labute approximate surface area is 158 Å². The minimum Gasteiger partial charge on any atom is -0.399 e. The van der Waals surface area contributed by atoms with Gasteiger partial charge in [0.05, 0.1) is 17.7 Å². The van der Waals surface area contributed by atoms with Gasteiger partial charge in [-0.1, -0.05) is 20.8 Å². The minimum atomic E-state index is -1.17. The van der Waals surface area contributed by atoms with Crippen LogP contribution in [0.5, 0.6) is 0 Å². The lowest BCUT2D eigenvalue weighted by Gasteiger charge is -2.39. The summed E-state index contributed by atoms with van der Waals surface area (Å²) in [5, 5.41) is 4.38. The van der Waals surface area contributed by atoms with Gasteiger partial charge in [-0.2, -0.15) is 5.10 Å². The number of hydrogen-bond acceptors (Lipinski definition) is 3. The highest BCUT2D eigenvalue weighted by Gasteiger charge is 2.52. The molecule has 1 aliphatic carbocycles. The summed E-state index contributed by atoms with van der Waals surface area (Å²) in [5.74, 6) is 0.601. The Kier molecular flexibility index (Phi) is 4.84. The quantitative estimate of drug-likeness (QED) is 0.757. The molecule has 6 heteroatoms. The fourth-order valence-electron chi connectivity index (χ4n) is 4.02. The Morgan fingerprint density at radius 1 is 1.15 bits per heavy atom. The van der Waals surface area contributed by atoms with Gasteiger partial charge in [0.15, 0.2) is 0 Å². The first-order valence-electron chi connectivity index (χ1n) is 9.88. The molecule has 26 heavy (non-hydrogen) atoms. The molecule has 0 radical (unpaired) electrons. The highest BCUT2D eigenvalue weighted by atomic mass is 19.1. The second-order valence-corrected chi connectivity index (χ2v) is 10.4. The van der Waals surface area contributed by atoms with E-state index < -0.39 is 12.8 Å². The third-order valence-electron chi connectivity index (χ3n) is 6.73. The van der Waals surface area contributed by atoms with Crippen LogP contribution in [0.15, 0.2) is 12.4 Å². The molecule has 1 aliphatic heterocycles. The van der Waals surface area contributed by atoms with E-state index in [1.165, 1.54) is 0 Å². The van der Waals surface area contributed by atoms with E-state index >= 15 is 4.39 Å². The highest BCUT2D eigenvalue weighted by molar-refractivity contribution is 6.61. The van der Waals surface area contributed by atoms with Crippen molar-refractivity contribution in [1.82, 2.24) is 9.78 Å². The molecule has 4 nitrogen and oxygen atoms in total. The average molecular weight is 364 g/mol. The predicted octanol–water partition coefficient (Wildman–Crippen LogP) is 4.13. The Morgan fingerprint density at radius 2 is 1.69 bits per heavy atom. The summed E-state index contributed by atoms with van der Waals surface area (Å²) in [6.45, 7) is 15.2. The van der Waals surface area contributed by atoms with Gasteiger partial charge in [-0.15, -0.1) is 0 Å². The molecule has 0 N–H and O–H groups in total. The molecule has 2 fully saturated rings. The van der Waals surface area contributed by atoms with Crippen LogP contribution in [0.25, 0.3) is 0 Å². The van der Waals surface area contributed by atoms with Crippen LogP contribution in [0.1, 0.15) is 74.1 Å². The van der Waals surface area contributed by atoms with E-state index in [0.717, 1.165) is 18.3 Å². The first kappa shape index (κ1) is 19.9. The standard InChI is InChI=1S/C20H34BFN2O2/c1-17(2,3)15-8-10-20(22,11-9-15)14-24-13-16(12-23-24)21-25-18(4,5)19(6,7)26-21/h12-13,15H,8-11,14H2,1-7H3. The minimum absolute atomic E-state index is 0.261. The summed E-state index contributed by atoms with van der Waals surface area (Å²) in [6.07, 6.45) is 6.74. The van der Waals surface area contributed by atoms with Gasteiger partial charge in [-0.05, 0) is 64.7 Å². The van der Waals surface area contributed by atoms with Crippen molar-refractivity contribution in [3.63, 3.8) is 0 Å². The van der Waals surface area contributed by atoms with Gasteiger partial charge < -0.3 is 9.31 Å². The SMILES string of the molecule is CC(C)(C)C1CCC(F)(Cn2cc(B3OC(C)(C)C(C)(C)O3)cn2)CC1. The van der Waals surface area contributed by atoms with Crippen molar-refractivity contribution in [3.05, 3.63) is 12.4 Å². The maximum absolute atomic E-state index is 15.3. The molecule has 0 spiro atoms. The van der Waals surface area contributed by atoms with E-state index in [1.807, 2.05) is 33.9 Å². The van der Waals surface area contributed by atoms with Gasteiger partial charge in [0.25, 0.3) is 0 Å². The predicted molar refractivity (Wildman–Crippen MR) is 103 cm³/mol. The molecule has 0 unspecified atom stereocenters. The van der Waals surface area contributed by atoms with Crippen molar-refractivity contribution in [1.29, 1.82) is 0 Å². The molecule has 0 amide bonds. The maximum Gasteiger partial charge on any atom is 0.498 e. The lowest BCUT2D eigenvalue weighted by atomic mass is 9.69. The summed E-state index contributed by atoms with van der Waals surface area (Å²) in [6, 6.07) is 0. The van der Waals surface area contributed by atoms with Gasteiger partial charge in [0.2, 0.25) is 0 Å².